The SMILES string of the molecule is O=C(O)[C@@H]1CCCCC1=O. The van der Waals surface area contributed by atoms with Crippen LogP contribution in [0, 0.1) is 5.92 Å². The average molecular weight is 142 g/mol. The Morgan fingerprint density at radius 1 is 1.50 bits per heavy atom. The van der Waals surface area contributed by atoms with E-state index in [9.17, 15) is 9.59 Å². The van der Waals surface area contributed by atoms with E-state index in [1.165, 1.54) is 0 Å². The van der Waals surface area contributed by atoms with Crippen LogP contribution < -0.4 is 0 Å². The third kappa shape index (κ3) is 1.35. The maximum Gasteiger partial charge on any atom is 0.314 e. The summed E-state index contributed by atoms with van der Waals surface area (Å²) in [4.78, 5) is 21.2. The zero-order valence-corrected chi connectivity index (χ0v) is 5.67. The number of carboxylic acid groups (broad SMARTS) is 1. The van der Waals surface area contributed by atoms with Gasteiger partial charge in [0.1, 0.15) is 11.7 Å². The van der Waals surface area contributed by atoms with Gasteiger partial charge in [-0.05, 0) is 12.8 Å². The Morgan fingerprint density at radius 2 is 2.20 bits per heavy atom. The molecule has 0 amide bonds. The van der Waals surface area contributed by atoms with Crippen LogP contribution in [0.1, 0.15) is 25.7 Å². The van der Waals surface area contributed by atoms with E-state index in [0.717, 1.165) is 12.8 Å². The summed E-state index contributed by atoms with van der Waals surface area (Å²) in [6.45, 7) is 0. The third-order valence-corrected chi connectivity index (χ3v) is 1.85. The van der Waals surface area contributed by atoms with Gasteiger partial charge >= 0.3 is 5.97 Å². The van der Waals surface area contributed by atoms with Gasteiger partial charge in [-0.25, -0.2) is 0 Å². The quantitative estimate of drug-likeness (QED) is 0.552. The number of carbonyl (C=O) groups is 2. The molecule has 1 atom stereocenters. The standard InChI is InChI=1S/C7H10O3/c8-6-4-2-1-3-5(6)7(9)10/h5H,1-4H2,(H,9,10)/t5-/m1/s1. The molecule has 0 aromatic carbocycles. The zero-order chi connectivity index (χ0) is 7.56. The summed E-state index contributed by atoms with van der Waals surface area (Å²) in [5, 5.41) is 8.49. The van der Waals surface area contributed by atoms with Crippen LogP contribution in [0.15, 0.2) is 0 Å². The van der Waals surface area contributed by atoms with E-state index in [2.05, 4.69) is 0 Å². The Hall–Kier alpha value is -0.860. The van der Waals surface area contributed by atoms with E-state index in [0.29, 0.717) is 12.8 Å². The molecule has 1 aliphatic carbocycles. The second-order valence-corrected chi connectivity index (χ2v) is 2.60. The molecule has 0 saturated heterocycles. The number of Topliss-reactive ketones (excluding diaryl/α,β-unsaturated/α-hetero) is 1. The summed E-state index contributed by atoms with van der Waals surface area (Å²) in [5.74, 6) is -1.75. The molecule has 1 saturated carbocycles. The van der Waals surface area contributed by atoms with Gasteiger partial charge in [0.25, 0.3) is 0 Å². The molecular formula is C7H10O3. The van der Waals surface area contributed by atoms with Gasteiger partial charge in [0.15, 0.2) is 0 Å². The van der Waals surface area contributed by atoms with Gasteiger partial charge in [-0.15, -0.1) is 0 Å². The van der Waals surface area contributed by atoms with Gasteiger partial charge in [0.05, 0.1) is 0 Å². The number of rotatable bonds is 1. The largest absolute Gasteiger partial charge is 0.481 e. The number of carboxylic acids is 1. The molecule has 0 spiro atoms. The first-order valence-electron chi connectivity index (χ1n) is 3.47. The van der Waals surface area contributed by atoms with Crippen molar-refractivity contribution in [1.82, 2.24) is 0 Å². The summed E-state index contributed by atoms with van der Waals surface area (Å²) in [7, 11) is 0. The Kier molecular flexibility index (Phi) is 2.04. The van der Waals surface area contributed by atoms with E-state index in [1.54, 1.807) is 0 Å². The van der Waals surface area contributed by atoms with Crippen molar-refractivity contribution in [1.29, 1.82) is 0 Å². The van der Waals surface area contributed by atoms with E-state index in [-0.39, 0.29) is 5.78 Å². The number of hydrogen-bond acceptors (Lipinski definition) is 2. The second kappa shape index (κ2) is 2.82. The number of hydrogen-bond donors (Lipinski definition) is 1. The van der Waals surface area contributed by atoms with Gasteiger partial charge in [0, 0.05) is 6.42 Å². The average Bonchev–Trinajstić information content (AvgIpc) is 1.88. The van der Waals surface area contributed by atoms with E-state index in [1.807, 2.05) is 0 Å². The molecular weight excluding hydrogens is 132 g/mol. The van der Waals surface area contributed by atoms with Gasteiger partial charge in [-0.2, -0.15) is 0 Å². The molecule has 0 radical (unpaired) electrons. The molecule has 0 aliphatic heterocycles. The Balaban J connectivity index is 2.56. The molecule has 3 heteroatoms. The van der Waals surface area contributed by atoms with Crippen molar-refractivity contribution in [3.8, 4) is 0 Å². The third-order valence-electron chi connectivity index (χ3n) is 1.85. The van der Waals surface area contributed by atoms with Crippen molar-refractivity contribution in [2.45, 2.75) is 25.7 Å². The molecule has 10 heavy (non-hydrogen) atoms. The van der Waals surface area contributed by atoms with Crippen molar-refractivity contribution in [2.75, 3.05) is 0 Å². The second-order valence-electron chi connectivity index (χ2n) is 2.60. The Morgan fingerprint density at radius 3 is 2.60 bits per heavy atom. The normalized spacial score (nSPS) is 26.4. The highest BCUT2D eigenvalue weighted by atomic mass is 16.4. The van der Waals surface area contributed by atoms with Crippen molar-refractivity contribution >= 4 is 11.8 Å². The summed E-state index contributed by atoms with van der Waals surface area (Å²) in [6, 6.07) is 0. The lowest BCUT2D eigenvalue weighted by Gasteiger charge is -2.15. The van der Waals surface area contributed by atoms with E-state index in [4.69, 9.17) is 5.11 Å². The Bertz CT molecular complexity index is 162. The lowest BCUT2D eigenvalue weighted by atomic mass is 9.88. The minimum absolute atomic E-state index is 0.0984. The van der Waals surface area contributed by atoms with Crippen molar-refractivity contribution in [3.05, 3.63) is 0 Å². The fraction of sp³-hybridized carbons (Fsp3) is 0.714. The fourth-order valence-electron chi connectivity index (χ4n) is 1.24. The van der Waals surface area contributed by atoms with Crippen LogP contribution in [0.2, 0.25) is 0 Å². The molecule has 0 aromatic heterocycles. The summed E-state index contributed by atoms with van der Waals surface area (Å²) < 4.78 is 0. The summed E-state index contributed by atoms with van der Waals surface area (Å²) >= 11 is 0. The lowest BCUT2D eigenvalue weighted by molar-refractivity contribution is -0.147. The maximum atomic E-state index is 10.9. The van der Waals surface area contributed by atoms with Crippen LogP contribution in [-0.4, -0.2) is 16.9 Å². The molecule has 1 N–H and O–H groups in total. The molecule has 1 aliphatic rings. The van der Waals surface area contributed by atoms with E-state index >= 15 is 0 Å². The molecule has 1 fully saturated rings. The van der Waals surface area contributed by atoms with Gasteiger partial charge in [-0.1, -0.05) is 6.42 Å². The van der Waals surface area contributed by atoms with Crippen LogP contribution in [-0.2, 0) is 9.59 Å². The highest BCUT2D eigenvalue weighted by Crippen LogP contribution is 2.20. The molecule has 0 heterocycles. The predicted octanol–water partition coefficient (Wildman–Crippen LogP) is 0.830. The van der Waals surface area contributed by atoms with Gasteiger partial charge < -0.3 is 5.11 Å². The van der Waals surface area contributed by atoms with Crippen LogP contribution >= 0.6 is 0 Å². The fourth-order valence-corrected chi connectivity index (χ4v) is 1.24. The molecule has 1 rings (SSSR count). The van der Waals surface area contributed by atoms with Crippen LogP contribution in [0.4, 0.5) is 0 Å². The summed E-state index contributed by atoms with van der Waals surface area (Å²) in [6.07, 6.45) is 2.73. The molecule has 0 unspecified atom stereocenters. The predicted molar refractivity (Wildman–Crippen MR) is 34.6 cm³/mol. The minimum Gasteiger partial charge on any atom is -0.481 e. The number of aliphatic carboxylic acids is 1. The maximum absolute atomic E-state index is 10.9. The highest BCUT2D eigenvalue weighted by molar-refractivity contribution is 5.98. The molecule has 0 bridgehead atoms. The topological polar surface area (TPSA) is 54.4 Å². The molecule has 0 aromatic rings. The van der Waals surface area contributed by atoms with Crippen molar-refractivity contribution in [3.63, 3.8) is 0 Å². The van der Waals surface area contributed by atoms with Crippen LogP contribution in [0.5, 0.6) is 0 Å². The van der Waals surface area contributed by atoms with Gasteiger partial charge in [0.2, 0.25) is 0 Å². The number of ketones is 1. The first-order chi connectivity index (χ1) is 4.72. The summed E-state index contributed by atoms with van der Waals surface area (Å²) in [5.41, 5.74) is 0. The highest BCUT2D eigenvalue weighted by Gasteiger charge is 2.27. The first kappa shape index (κ1) is 7.25. The minimum atomic E-state index is -0.954. The van der Waals surface area contributed by atoms with Crippen LogP contribution in [0.3, 0.4) is 0 Å². The van der Waals surface area contributed by atoms with Crippen molar-refractivity contribution < 1.29 is 14.7 Å². The molecule has 56 valence electrons. The van der Waals surface area contributed by atoms with Crippen molar-refractivity contribution in [2.24, 2.45) is 5.92 Å². The molecule has 3 nitrogen and oxygen atoms in total. The van der Waals surface area contributed by atoms with E-state index < -0.39 is 11.9 Å². The van der Waals surface area contributed by atoms with Crippen LogP contribution in [0.25, 0.3) is 0 Å². The lowest BCUT2D eigenvalue weighted by Crippen LogP contribution is -2.26. The first-order valence-corrected chi connectivity index (χ1v) is 3.47. The zero-order valence-electron chi connectivity index (χ0n) is 5.67. The smallest absolute Gasteiger partial charge is 0.314 e. The monoisotopic (exact) mass is 142 g/mol. The van der Waals surface area contributed by atoms with Gasteiger partial charge in [-0.3, -0.25) is 9.59 Å². The number of carbonyl (C=O) groups excluding carboxylic acids is 1. The Labute approximate surface area is 59.0 Å².